The average molecular weight is 334 g/mol. The molecule has 0 unspecified atom stereocenters. The van der Waals surface area contributed by atoms with E-state index in [-0.39, 0.29) is 0 Å². The standard InChI is InChI=1S/C25H18O/c26-19-13-14-23(24(16-19)17-7-2-1-3-8-17)22-12-6-11-21-20-10-5-4-9-18(20)15-25(21)22/h1-14,16,26H,15H2. The molecule has 0 fully saturated rings. The van der Waals surface area contributed by atoms with Crippen molar-refractivity contribution in [3.63, 3.8) is 0 Å². The Morgan fingerprint density at radius 3 is 2.08 bits per heavy atom. The molecule has 0 radical (unpaired) electrons. The van der Waals surface area contributed by atoms with Gasteiger partial charge in [0.15, 0.2) is 0 Å². The fourth-order valence-corrected chi connectivity index (χ4v) is 4.03. The molecule has 4 aromatic rings. The van der Waals surface area contributed by atoms with E-state index in [1.807, 2.05) is 30.3 Å². The monoisotopic (exact) mass is 334 g/mol. The van der Waals surface area contributed by atoms with Crippen molar-refractivity contribution in [3.8, 4) is 39.1 Å². The first-order chi connectivity index (χ1) is 12.8. The van der Waals surface area contributed by atoms with Crippen LogP contribution in [0, 0.1) is 0 Å². The highest BCUT2D eigenvalue weighted by Crippen LogP contribution is 2.44. The number of phenols is 1. The van der Waals surface area contributed by atoms with E-state index in [1.54, 1.807) is 6.07 Å². The van der Waals surface area contributed by atoms with Crippen LogP contribution in [0.4, 0.5) is 0 Å². The van der Waals surface area contributed by atoms with Crippen molar-refractivity contribution in [1.29, 1.82) is 0 Å². The molecule has 0 bridgehead atoms. The Morgan fingerprint density at radius 2 is 1.23 bits per heavy atom. The number of aromatic hydroxyl groups is 1. The number of phenolic OH excluding ortho intramolecular Hbond substituents is 1. The van der Waals surface area contributed by atoms with Crippen molar-refractivity contribution in [2.24, 2.45) is 0 Å². The Bertz CT molecular complexity index is 1110. The molecule has 0 aromatic heterocycles. The third-order valence-electron chi connectivity index (χ3n) is 5.23. The Balaban J connectivity index is 1.74. The van der Waals surface area contributed by atoms with Crippen LogP contribution in [0.1, 0.15) is 11.1 Å². The highest BCUT2D eigenvalue weighted by atomic mass is 16.3. The van der Waals surface area contributed by atoms with Gasteiger partial charge in [0.05, 0.1) is 0 Å². The van der Waals surface area contributed by atoms with E-state index in [0.29, 0.717) is 5.75 Å². The van der Waals surface area contributed by atoms with Crippen molar-refractivity contribution in [3.05, 3.63) is 102 Å². The summed E-state index contributed by atoms with van der Waals surface area (Å²) in [6.07, 6.45) is 0.955. The second-order valence-corrected chi connectivity index (χ2v) is 6.76. The predicted octanol–water partition coefficient (Wildman–Crippen LogP) is 6.30. The molecule has 1 aliphatic carbocycles. The van der Waals surface area contributed by atoms with Gasteiger partial charge in [-0.15, -0.1) is 0 Å². The topological polar surface area (TPSA) is 20.2 Å². The quantitative estimate of drug-likeness (QED) is 0.402. The van der Waals surface area contributed by atoms with Crippen LogP contribution in [0.15, 0.2) is 91.0 Å². The molecule has 0 aliphatic heterocycles. The molecule has 5 rings (SSSR count). The lowest BCUT2D eigenvalue weighted by atomic mass is 9.90. The van der Waals surface area contributed by atoms with Gasteiger partial charge in [0, 0.05) is 0 Å². The summed E-state index contributed by atoms with van der Waals surface area (Å²) in [6.45, 7) is 0. The molecule has 124 valence electrons. The van der Waals surface area contributed by atoms with Crippen molar-refractivity contribution >= 4 is 0 Å². The Hall–Kier alpha value is -3.32. The minimum absolute atomic E-state index is 0.295. The fourth-order valence-electron chi connectivity index (χ4n) is 4.03. The van der Waals surface area contributed by atoms with E-state index in [4.69, 9.17) is 0 Å². The van der Waals surface area contributed by atoms with Gasteiger partial charge in [0.1, 0.15) is 5.75 Å². The molecule has 0 saturated heterocycles. The zero-order valence-corrected chi connectivity index (χ0v) is 14.3. The predicted molar refractivity (Wildman–Crippen MR) is 107 cm³/mol. The number of hydrogen-bond donors (Lipinski definition) is 1. The zero-order valence-electron chi connectivity index (χ0n) is 14.3. The summed E-state index contributed by atoms with van der Waals surface area (Å²) in [5.41, 5.74) is 10.0. The molecule has 1 N–H and O–H groups in total. The summed E-state index contributed by atoms with van der Waals surface area (Å²) in [5, 5.41) is 10.1. The lowest BCUT2D eigenvalue weighted by Crippen LogP contribution is -1.91. The van der Waals surface area contributed by atoms with Crippen LogP contribution >= 0.6 is 0 Å². The van der Waals surface area contributed by atoms with Crippen molar-refractivity contribution in [2.45, 2.75) is 6.42 Å². The normalized spacial score (nSPS) is 11.8. The lowest BCUT2D eigenvalue weighted by Gasteiger charge is -2.14. The molecule has 0 spiro atoms. The van der Waals surface area contributed by atoms with E-state index < -0.39 is 0 Å². The Morgan fingerprint density at radius 1 is 0.538 bits per heavy atom. The van der Waals surface area contributed by atoms with Gasteiger partial charge in [-0.05, 0) is 63.1 Å². The molecule has 0 atom stereocenters. The molecule has 0 saturated carbocycles. The smallest absolute Gasteiger partial charge is 0.116 e. The van der Waals surface area contributed by atoms with Gasteiger partial charge in [-0.2, -0.15) is 0 Å². The van der Waals surface area contributed by atoms with Crippen LogP contribution in [0.25, 0.3) is 33.4 Å². The molecule has 1 heteroatoms. The van der Waals surface area contributed by atoms with Crippen molar-refractivity contribution in [1.82, 2.24) is 0 Å². The summed E-state index contributed by atoms with van der Waals surface area (Å²) in [4.78, 5) is 0. The molecule has 26 heavy (non-hydrogen) atoms. The van der Waals surface area contributed by atoms with Crippen LogP contribution in [0.3, 0.4) is 0 Å². The third kappa shape index (κ3) is 2.33. The van der Waals surface area contributed by atoms with Crippen LogP contribution in [0.2, 0.25) is 0 Å². The maximum Gasteiger partial charge on any atom is 0.116 e. The van der Waals surface area contributed by atoms with Gasteiger partial charge in [-0.1, -0.05) is 78.9 Å². The van der Waals surface area contributed by atoms with Crippen LogP contribution < -0.4 is 0 Å². The summed E-state index contributed by atoms with van der Waals surface area (Å²) in [6, 6.07) is 31.2. The average Bonchev–Trinajstić information content (AvgIpc) is 3.08. The molecular formula is C25H18O. The summed E-state index contributed by atoms with van der Waals surface area (Å²) in [5.74, 6) is 0.295. The van der Waals surface area contributed by atoms with Crippen LogP contribution in [-0.4, -0.2) is 5.11 Å². The maximum atomic E-state index is 10.1. The maximum absolute atomic E-state index is 10.1. The number of fused-ring (bicyclic) bond motifs is 3. The van der Waals surface area contributed by atoms with Gasteiger partial charge >= 0.3 is 0 Å². The third-order valence-corrected chi connectivity index (χ3v) is 5.23. The first-order valence-corrected chi connectivity index (χ1v) is 8.90. The number of hydrogen-bond acceptors (Lipinski definition) is 1. The van der Waals surface area contributed by atoms with Crippen molar-refractivity contribution in [2.75, 3.05) is 0 Å². The molecule has 1 nitrogen and oxygen atoms in total. The van der Waals surface area contributed by atoms with Gasteiger partial charge in [0.2, 0.25) is 0 Å². The first kappa shape index (κ1) is 15.0. The summed E-state index contributed by atoms with van der Waals surface area (Å²) < 4.78 is 0. The molecule has 0 amide bonds. The van der Waals surface area contributed by atoms with E-state index >= 15 is 0 Å². The SMILES string of the molecule is Oc1ccc(-c2cccc3c2Cc2ccccc2-3)c(-c2ccccc2)c1. The second kappa shape index (κ2) is 5.89. The van der Waals surface area contributed by atoms with Gasteiger partial charge in [-0.3, -0.25) is 0 Å². The highest BCUT2D eigenvalue weighted by molar-refractivity contribution is 5.91. The summed E-state index contributed by atoms with van der Waals surface area (Å²) >= 11 is 0. The van der Waals surface area contributed by atoms with E-state index in [0.717, 1.165) is 17.5 Å². The first-order valence-electron chi connectivity index (χ1n) is 8.90. The summed E-state index contributed by atoms with van der Waals surface area (Å²) in [7, 11) is 0. The van der Waals surface area contributed by atoms with E-state index in [9.17, 15) is 5.11 Å². The minimum Gasteiger partial charge on any atom is -0.508 e. The zero-order chi connectivity index (χ0) is 17.5. The lowest BCUT2D eigenvalue weighted by molar-refractivity contribution is 0.475. The van der Waals surface area contributed by atoms with Gasteiger partial charge in [0.25, 0.3) is 0 Å². The second-order valence-electron chi connectivity index (χ2n) is 6.76. The minimum atomic E-state index is 0.295. The van der Waals surface area contributed by atoms with Crippen molar-refractivity contribution < 1.29 is 5.11 Å². The molecule has 1 aliphatic rings. The molecular weight excluding hydrogens is 316 g/mol. The van der Waals surface area contributed by atoms with Crippen LogP contribution in [0.5, 0.6) is 5.75 Å². The molecule has 4 aromatic carbocycles. The largest absolute Gasteiger partial charge is 0.508 e. The van der Waals surface area contributed by atoms with Gasteiger partial charge in [-0.25, -0.2) is 0 Å². The molecule has 0 heterocycles. The number of rotatable bonds is 2. The Labute approximate surface area is 153 Å². The number of benzene rings is 4. The van der Waals surface area contributed by atoms with Gasteiger partial charge < -0.3 is 5.11 Å². The van der Waals surface area contributed by atoms with E-state index in [1.165, 1.54) is 33.4 Å². The van der Waals surface area contributed by atoms with Crippen LogP contribution in [-0.2, 0) is 6.42 Å². The highest BCUT2D eigenvalue weighted by Gasteiger charge is 2.22. The fraction of sp³-hybridized carbons (Fsp3) is 0.0400. The Kier molecular flexibility index (Phi) is 3.39. The van der Waals surface area contributed by atoms with E-state index in [2.05, 4.69) is 54.6 Å².